The summed E-state index contributed by atoms with van der Waals surface area (Å²) in [6.45, 7) is 0.855. The first-order valence-corrected chi connectivity index (χ1v) is 7.32. The number of carbonyl (C=O) groups excluding carboxylic acids is 1. The molecule has 2 N–H and O–H groups in total. The lowest BCUT2D eigenvalue weighted by molar-refractivity contribution is -0.159. The van der Waals surface area contributed by atoms with Crippen LogP contribution in [0, 0.1) is 0 Å². The number of nitrogens with zero attached hydrogens (tertiary/aromatic N) is 1. The second-order valence-electron chi connectivity index (χ2n) is 5.40. The van der Waals surface area contributed by atoms with E-state index >= 15 is 0 Å². The fourth-order valence-electron chi connectivity index (χ4n) is 2.76. The van der Waals surface area contributed by atoms with Gasteiger partial charge in [-0.05, 0) is 18.1 Å². The highest BCUT2D eigenvalue weighted by Crippen LogP contribution is 2.19. The van der Waals surface area contributed by atoms with Crippen LogP contribution in [0.2, 0.25) is 0 Å². The van der Waals surface area contributed by atoms with E-state index in [1.807, 2.05) is 30.5 Å². The summed E-state index contributed by atoms with van der Waals surface area (Å²) in [5.74, 6) is -1.05. The van der Waals surface area contributed by atoms with Gasteiger partial charge in [-0.1, -0.05) is 18.2 Å². The quantitative estimate of drug-likeness (QED) is 0.894. The van der Waals surface area contributed by atoms with Crippen LogP contribution in [0.3, 0.4) is 0 Å². The molecule has 116 valence electrons. The number of aromatic nitrogens is 1. The Bertz CT molecular complexity index is 694. The summed E-state index contributed by atoms with van der Waals surface area (Å²) < 4.78 is 5.13. The summed E-state index contributed by atoms with van der Waals surface area (Å²) in [4.78, 5) is 28.0. The standard InChI is InChI=1S/C16H18N2O4/c19-15(18-7-8-22-14(10-18)16(20)21)6-5-11-9-17-13-4-2-1-3-12(11)13/h1-4,9,14,17H,5-8,10H2,(H,20,21)/t14-/m1/s1. The lowest BCUT2D eigenvalue weighted by Gasteiger charge is -2.30. The fourth-order valence-corrected chi connectivity index (χ4v) is 2.76. The van der Waals surface area contributed by atoms with Gasteiger partial charge < -0.3 is 19.7 Å². The summed E-state index contributed by atoms with van der Waals surface area (Å²) in [6, 6.07) is 7.97. The number of carboxylic acids is 1. The Balaban J connectivity index is 1.61. The molecule has 1 aliphatic heterocycles. The molecule has 1 saturated heterocycles. The van der Waals surface area contributed by atoms with Gasteiger partial charge in [0.05, 0.1) is 13.2 Å². The normalized spacial score (nSPS) is 18.5. The van der Waals surface area contributed by atoms with Gasteiger partial charge in [-0.2, -0.15) is 0 Å². The molecule has 6 nitrogen and oxygen atoms in total. The van der Waals surface area contributed by atoms with Gasteiger partial charge in [0.2, 0.25) is 5.91 Å². The maximum absolute atomic E-state index is 12.3. The highest BCUT2D eigenvalue weighted by molar-refractivity contribution is 5.84. The monoisotopic (exact) mass is 302 g/mol. The maximum atomic E-state index is 12.3. The van der Waals surface area contributed by atoms with E-state index in [4.69, 9.17) is 9.84 Å². The Kier molecular flexibility index (Phi) is 4.11. The largest absolute Gasteiger partial charge is 0.479 e. The van der Waals surface area contributed by atoms with Gasteiger partial charge in [-0.15, -0.1) is 0 Å². The number of fused-ring (bicyclic) bond motifs is 1. The fraction of sp³-hybridized carbons (Fsp3) is 0.375. The van der Waals surface area contributed by atoms with Crippen molar-refractivity contribution in [1.82, 2.24) is 9.88 Å². The van der Waals surface area contributed by atoms with Crippen LogP contribution in [-0.4, -0.2) is 52.7 Å². The molecule has 6 heteroatoms. The number of hydrogen-bond donors (Lipinski definition) is 2. The number of carbonyl (C=O) groups is 2. The first-order valence-electron chi connectivity index (χ1n) is 7.32. The van der Waals surface area contributed by atoms with Crippen molar-refractivity contribution < 1.29 is 19.4 Å². The van der Waals surface area contributed by atoms with E-state index in [1.54, 1.807) is 4.90 Å². The van der Waals surface area contributed by atoms with Crippen molar-refractivity contribution >= 4 is 22.8 Å². The molecule has 1 fully saturated rings. The molecule has 0 saturated carbocycles. The van der Waals surface area contributed by atoms with Crippen LogP contribution in [0.4, 0.5) is 0 Å². The molecule has 22 heavy (non-hydrogen) atoms. The van der Waals surface area contributed by atoms with Crippen molar-refractivity contribution in [3.63, 3.8) is 0 Å². The molecule has 1 aromatic carbocycles. The van der Waals surface area contributed by atoms with Gasteiger partial charge >= 0.3 is 5.97 Å². The Morgan fingerprint density at radius 1 is 1.36 bits per heavy atom. The minimum atomic E-state index is -1.02. The SMILES string of the molecule is O=C(O)[C@H]1CN(C(=O)CCc2c[nH]c3ccccc23)CCO1. The molecule has 0 radical (unpaired) electrons. The van der Waals surface area contributed by atoms with Crippen LogP contribution in [0.5, 0.6) is 0 Å². The van der Waals surface area contributed by atoms with E-state index < -0.39 is 12.1 Å². The van der Waals surface area contributed by atoms with Crippen molar-refractivity contribution in [1.29, 1.82) is 0 Å². The molecule has 3 rings (SSSR count). The summed E-state index contributed by atoms with van der Waals surface area (Å²) in [6.07, 6.45) is 2.02. The lowest BCUT2D eigenvalue weighted by atomic mass is 10.1. The van der Waals surface area contributed by atoms with E-state index in [9.17, 15) is 9.59 Å². The third-order valence-corrected chi connectivity index (χ3v) is 3.98. The van der Waals surface area contributed by atoms with E-state index in [2.05, 4.69) is 4.98 Å². The van der Waals surface area contributed by atoms with E-state index in [0.717, 1.165) is 16.5 Å². The topological polar surface area (TPSA) is 82.6 Å². The molecule has 1 atom stereocenters. The van der Waals surface area contributed by atoms with E-state index in [1.165, 1.54) is 0 Å². The molecule has 1 aliphatic rings. The Morgan fingerprint density at radius 2 is 2.18 bits per heavy atom. The molecule has 0 aliphatic carbocycles. The molecular weight excluding hydrogens is 284 g/mol. The third kappa shape index (κ3) is 2.96. The molecule has 0 unspecified atom stereocenters. The summed E-state index contributed by atoms with van der Waals surface area (Å²) in [5.41, 5.74) is 2.16. The van der Waals surface area contributed by atoms with Crippen LogP contribution in [0.1, 0.15) is 12.0 Å². The van der Waals surface area contributed by atoms with Crippen molar-refractivity contribution in [2.75, 3.05) is 19.7 Å². The maximum Gasteiger partial charge on any atom is 0.334 e. The van der Waals surface area contributed by atoms with Crippen molar-refractivity contribution in [3.05, 3.63) is 36.0 Å². The number of carboxylic acid groups (broad SMARTS) is 1. The lowest BCUT2D eigenvalue weighted by Crippen LogP contribution is -2.48. The molecule has 2 aromatic rings. The number of aryl methyl sites for hydroxylation is 1. The average Bonchev–Trinajstić information content (AvgIpc) is 2.96. The Morgan fingerprint density at radius 3 is 3.00 bits per heavy atom. The highest BCUT2D eigenvalue weighted by atomic mass is 16.5. The predicted octanol–water partition coefficient (Wildman–Crippen LogP) is 1.41. The van der Waals surface area contributed by atoms with Gasteiger partial charge in [0, 0.05) is 30.1 Å². The number of rotatable bonds is 4. The third-order valence-electron chi connectivity index (χ3n) is 3.98. The van der Waals surface area contributed by atoms with Gasteiger partial charge in [0.15, 0.2) is 6.10 Å². The van der Waals surface area contributed by atoms with Crippen molar-refractivity contribution in [2.24, 2.45) is 0 Å². The zero-order valence-corrected chi connectivity index (χ0v) is 12.1. The second-order valence-corrected chi connectivity index (χ2v) is 5.40. The number of benzene rings is 1. The number of H-pyrrole nitrogens is 1. The smallest absolute Gasteiger partial charge is 0.334 e. The molecule has 0 bridgehead atoms. The predicted molar refractivity (Wildman–Crippen MR) is 80.6 cm³/mol. The van der Waals surface area contributed by atoms with Gasteiger partial charge in [0.25, 0.3) is 0 Å². The molecule has 1 aromatic heterocycles. The van der Waals surface area contributed by atoms with Crippen LogP contribution in [0.15, 0.2) is 30.5 Å². The van der Waals surface area contributed by atoms with Crippen LogP contribution < -0.4 is 0 Å². The summed E-state index contributed by atoms with van der Waals surface area (Å²) >= 11 is 0. The van der Waals surface area contributed by atoms with Crippen LogP contribution in [0.25, 0.3) is 10.9 Å². The van der Waals surface area contributed by atoms with E-state index in [-0.39, 0.29) is 19.1 Å². The summed E-state index contributed by atoms with van der Waals surface area (Å²) in [7, 11) is 0. The van der Waals surface area contributed by atoms with Gasteiger partial charge in [0.1, 0.15) is 0 Å². The number of morpholine rings is 1. The number of aliphatic carboxylic acids is 1. The van der Waals surface area contributed by atoms with Crippen molar-refractivity contribution in [3.8, 4) is 0 Å². The minimum absolute atomic E-state index is 0.0279. The summed E-state index contributed by atoms with van der Waals surface area (Å²) in [5, 5.41) is 10.1. The number of aromatic amines is 1. The number of amides is 1. The van der Waals surface area contributed by atoms with Crippen molar-refractivity contribution in [2.45, 2.75) is 18.9 Å². The second kappa shape index (κ2) is 6.19. The molecule has 1 amide bonds. The molecular formula is C16H18N2O4. The first kappa shape index (κ1) is 14.6. The Labute approximate surface area is 127 Å². The zero-order chi connectivity index (χ0) is 15.5. The average molecular weight is 302 g/mol. The van der Waals surface area contributed by atoms with E-state index in [0.29, 0.717) is 19.4 Å². The zero-order valence-electron chi connectivity index (χ0n) is 12.1. The Hall–Kier alpha value is -2.34. The van der Waals surface area contributed by atoms with Gasteiger partial charge in [-0.3, -0.25) is 4.79 Å². The first-order chi connectivity index (χ1) is 10.6. The van der Waals surface area contributed by atoms with Gasteiger partial charge in [-0.25, -0.2) is 4.79 Å². The minimum Gasteiger partial charge on any atom is -0.479 e. The molecule has 0 spiro atoms. The van der Waals surface area contributed by atoms with Crippen LogP contribution >= 0.6 is 0 Å². The number of ether oxygens (including phenoxy) is 1. The number of hydrogen-bond acceptors (Lipinski definition) is 3. The highest BCUT2D eigenvalue weighted by Gasteiger charge is 2.28. The molecule has 2 heterocycles. The number of para-hydroxylation sites is 1. The van der Waals surface area contributed by atoms with Crippen LogP contribution in [-0.2, 0) is 20.7 Å². The number of nitrogens with one attached hydrogen (secondary N) is 1.